The highest BCUT2D eigenvalue weighted by molar-refractivity contribution is 6.00. The number of H-pyrrole nitrogens is 1. The highest BCUT2D eigenvalue weighted by Gasteiger charge is 2.26. The van der Waals surface area contributed by atoms with Crippen LogP contribution >= 0.6 is 0 Å². The largest absolute Gasteiger partial charge is 0.380 e. The number of carbonyl (C=O) groups is 2. The van der Waals surface area contributed by atoms with Crippen molar-refractivity contribution in [3.63, 3.8) is 0 Å². The van der Waals surface area contributed by atoms with Crippen LogP contribution in [0.25, 0.3) is 10.9 Å². The number of urea groups is 1. The molecule has 2 aliphatic heterocycles. The van der Waals surface area contributed by atoms with E-state index in [-0.39, 0.29) is 24.0 Å². The third-order valence-corrected chi connectivity index (χ3v) is 7.04. The summed E-state index contributed by atoms with van der Waals surface area (Å²) >= 11 is 0. The van der Waals surface area contributed by atoms with E-state index >= 15 is 0 Å². The minimum Gasteiger partial charge on any atom is -0.380 e. The summed E-state index contributed by atoms with van der Waals surface area (Å²) in [4.78, 5) is 40.0. The first-order chi connectivity index (χ1) is 18.3. The first-order valence-corrected chi connectivity index (χ1v) is 13.5. The smallest absolute Gasteiger partial charge is 0.321 e. The van der Waals surface area contributed by atoms with Gasteiger partial charge >= 0.3 is 6.03 Å². The fourth-order valence-electron chi connectivity index (χ4n) is 5.39. The van der Waals surface area contributed by atoms with Crippen molar-refractivity contribution >= 4 is 40.0 Å². The van der Waals surface area contributed by atoms with Crippen LogP contribution in [0.5, 0.6) is 0 Å². The molecule has 0 unspecified atom stereocenters. The van der Waals surface area contributed by atoms with Crippen LogP contribution in [0.1, 0.15) is 38.2 Å². The summed E-state index contributed by atoms with van der Waals surface area (Å²) < 4.78 is 0. The molecule has 38 heavy (non-hydrogen) atoms. The van der Waals surface area contributed by atoms with E-state index < -0.39 is 0 Å². The van der Waals surface area contributed by atoms with Crippen LogP contribution in [0.4, 0.5) is 22.0 Å². The summed E-state index contributed by atoms with van der Waals surface area (Å²) in [5.74, 6) is 0.912. The van der Waals surface area contributed by atoms with Gasteiger partial charge in [0, 0.05) is 80.2 Å². The van der Waals surface area contributed by atoms with Gasteiger partial charge in [-0.2, -0.15) is 0 Å². The number of carbonyl (C=O) groups excluding carboxylic acids is 2. The van der Waals surface area contributed by atoms with Crippen LogP contribution in [0, 0.1) is 0 Å². The molecular formula is C28H38N8O2. The highest BCUT2D eigenvalue weighted by Crippen LogP contribution is 2.26. The number of benzene rings is 1. The van der Waals surface area contributed by atoms with Crippen molar-refractivity contribution < 1.29 is 9.59 Å². The number of amides is 3. The van der Waals surface area contributed by atoms with E-state index in [9.17, 15) is 9.59 Å². The number of anilines is 3. The lowest BCUT2D eigenvalue weighted by atomic mass is 10.1. The lowest BCUT2D eigenvalue weighted by Gasteiger charge is -2.36. The summed E-state index contributed by atoms with van der Waals surface area (Å²) in [5, 5.41) is 10.8. The van der Waals surface area contributed by atoms with Crippen LogP contribution in [-0.2, 0) is 0 Å². The van der Waals surface area contributed by atoms with Crippen molar-refractivity contribution in [2.75, 3.05) is 54.8 Å². The zero-order valence-electron chi connectivity index (χ0n) is 22.6. The quantitative estimate of drug-likeness (QED) is 0.411. The summed E-state index contributed by atoms with van der Waals surface area (Å²) in [7, 11) is 0. The van der Waals surface area contributed by atoms with Gasteiger partial charge in [0.05, 0.1) is 5.69 Å². The monoisotopic (exact) mass is 518 g/mol. The standard InChI is InChI=1S/C28H38N8O2/c1-18(2)30-24-6-5-9-29-26(24)34-10-12-35(13-11-34)27(37)25-15-21-14-22(7-8-23(21)33-25)32-28(38)36-16-19(3)31-20(4)17-36/h5-9,14-15,18-20,30-31,33H,10-13,16-17H2,1-4H3,(H,32,38)/t19-,20+. The SMILES string of the molecule is CC(C)Nc1cccnc1N1CCN(C(=O)c2cc3cc(NC(=O)N4C[C@@H](C)N[C@@H](C)C4)ccc3[nH]2)CC1. The number of nitrogens with zero attached hydrogens (tertiary/aromatic N) is 4. The Kier molecular flexibility index (Phi) is 7.42. The number of nitrogens with one attached hydrogen (secondary N) is 4. The molecule has 0 aliphatic carbocycles. The Morgan fingerprint density at radius 1 is 1.00 bits per heavy atom. The molecule has 2 saturated heterocycles. The van der Waals surface area contributed by atoms with Crippen molar-refractivity contribution in [1.29, 1.82) is 0 Å². The Balaban J connectivity index is 1.22. The van der Waals surface area contributed by atoms with Gasteiger partial charge in [-0.15, -0.1) is 0 Å². The van der Waals surface area contributed by atoms with Crippen LogP contribution in [0.2, 0.25) is 0 Å². The molecule has 0 spiro atoms. The molecule has 3 aromatic rings. The Hall–Kier alpha value is -3.79. The second-order valence-electron chi connectivity index (χ2n) is 10.7. The molecule has 10 heteroatoms. The molecule has 4 heterocycles. The number of fused-ring (bicyclic) bond motifs is 1. The highest BCUT2D eigenvalue weighted by atomic mass is 16.2. The van der Waals surface area contributed by atoms with Gasteiger partial charge in [-0.3, -0.25) is 4.79 Å². The number of hydrogen-bond donors (Lipinski definition) is 4. The van der Waals surface area contributed by atoms with Crippen molar-refractivity contribution in [2.45, 2.75) is 45.8 Å². The van der Waals surface area contributed by atoms with Gasteiger partial charge in [0.1, 0.15) is 5.69 Å². The number of hydrogen-bond acceptors (Lipinski definition) is 6. The third-order valence-electron chi connectivity index (χ3n) is 7.04. The normalized spacial score (nSPS) is 20.2. The van der Waals surface area contributed by atoms with Crippen LogP contribution in [-0.4, -0.2) is 89.1 Å². The minimum absolute atomic E-state index is 0.0169. The van der Waals surface area contributed by atoms with Crippen molar-refractivity contribution in [1.82, 2.24) is 25.1 Å². The molecule has 5 rings (SSSR count). The van der Waals surface area contributed by atoms with E-state index in [2.05, 4.69) is 58.5 Å². The Bertz CT molecular complexity index is 1290. The summed E-state index contributed by atoms with van der Waals surface area (Å²) in [6.07, 6.45) is 1.81. The first kappa shape index (κ1) is 25.8. The average Bonchev–Trinajstić information content (AvgIpc) is 3.31. The van der Waals surface area contributed by atoms with E-state index in [1.807, 2.05) is 52.4 Å². The van der Waals surface area contributed by atoms with Crippen LogP contribution in [0.3, 0.4) is 0 Å². The maximum absolute atomic E-state index is 13.3. The third kappa shape index (κ3) is 5.70. The molecule has 2 atom stereocenters. The van der Waals surface area contributed by atoms with E-state index in [1.54, 1.807) is 0 Å². The van der Waals surface area contributed by atoms with Crippen molar-refractivity contribution in [2.24, 2.45) is 0 Å². The molecule has 2 aliphatic rings. The molecule has 0 radical (unpaired) electrons. The van der Waals surface area contributed by atoms with Crippen LogP contribution in [0.15, 0.2) is 42.6 Å². The van der Waals surface area contributed by atoms with Crippen molar-refractivity contribution in [3.05, 3.63) is 48.3 Å². The first-order valence-electron chi connectivity index (χ1n) is 13.5. The van der Waals surface area contributed by atoms with Gasteiger partial charge in [0.2, 0.25) is 0 Å². The molecule has 1 aromatic carbocycles. The average molecular weight is 519 g/mol. The molecule has 2 aromatic heterocycles. The minimum atomic E-state index is -0.103. The maximum atomic E-state index is 13.3. The number of piperazine rings is 2. The van der Waals surface area contributed by atoms with Crippen molar-refractivity contribution in [3.8, 4) is 0 Å². The zero-order chi connectivity index (χ0) is 26.8. The molecule has 10 nitrogen and oxygen atoms in total. The molecule has 0 saturated carbocycles. The predicted molar refractivity (Wildman–Crippen MR) is 152 cm³/mol. The molecule has 202 valence electrons. The van der Waals surface area contributed by atoms with Gasteiger partial charge in [-0.25, -0.2) is 9.78 Å². The Labute approximate surface area is 223 Å². The summed E-state index contributed by atoms with van der Waals surface area (Å²) in [6.45, 7) is 12.4. The van der Waals surface area contributed by atoms with Gasteiger partial charge in [-0.05, 0) is 64.1 Å². The number of aromatic amines is 1. The van der Waals surface area contributed by atoms with Gasteiger partial charge < -0.3 is 35.6 Å². The Morgan fingerprint density at radius 3 is 2.45 bits per heavy atom. The van der Waals surface area contributed by atoms with Crippen LogP contribution < -0.4 is 20.9 Å². The van der Waals surface area contributed by atoms with Gasteiger partial charge in [-0.1, -0.05) is 0 Å². The van der Waals surface area contributed by atoms with E-state index in [0.717, 1.165) is 35.5 Å². The fourth-order valence-corrected chi connectivity index (χ4v) is 5.39. The lowest BCUT2D eigenvalue weighted by Crippen LogP contribution is -2.56. The fraction of sp³-hybridized carbons (Fsp3) is 0.464. The van der Waals surface area contributed by atoms with E-state index in [0.29, 0.717) is 43.6 Å². The lowest BCUT2D eigenvalue weighted by molar-refractivity contribution is 0.0741. The number of pyridine rings is 1. The molecule has 2 fully saturated rings. The topological polar surface area (TPSA) is 109 Å². The maximum Gasteiger partial charge on any atom is 0.321 e. The molecular weight excluding hydrogens is 480 g/mol. The predicted octanol–water partition coefficient (Wildman–Crippen LogP) is 3.56. The molecule has 4 N–H and O–H groups in total. The molecule has 0 bridgehead atoms. The zero-order valence-corrected chi connectivity index (χ0v) is 22.6. The summed E-state index contributed by atoms with van der Waals surface area (Å²) in [5.41, 5.74) is 3.16. The number of aromatic nitrogens is 2. The molecule has 3 amide bonds. The second kappa shape index (κ2) is 10.9. The number of rotatable bonds is 5. The van der Waals surface area contributed by atoms with E-state index in [1.165, 1.54) is 0 Å². The summed E-state index contributed by atoms with van der Waals surface area (Å²) in [6, 6.07) is 12.3. The van der Waals surface area contributed by atoms with E-state index in [4.69, 9.17) is 0 Å². The Morgan fingerprint density at radius 2 is 1.74 bits per heavy atom. The van der Waals surface area contributed by atoms with Gasteiger partial charge in [0.15, 0.2) is 5.82 Å². The van der Waals surface area contributed by atoms with Gasteiger partial charge in [0.25, 0.3) is 5.91 Å². The second-order valence-corrected chi connectivity index (χ2v) is 10.7.